The molecule has 0 aliphatic heterocycles. The summed E-state index contributed by atoms with van der Waals surface area (Å²) in [5, 5.41) is 11.4. The Morgan fingerprint density at radius 1 is 0.706 bits per heavy atom. The molecule has 0 aliphatic carbocycles. The summed E-state index contributed by atoms with van der Waals surface area (Å²) >= 11 is 0. The molecule has 0 bridgehead atoms. The minimum atomic E-state index is -0.145. The maximum atomic E-state index is 12.9. The molecule has 5 aromatic rings. The number of rotatable bonds is 6. The first kappa shape index (κ1) is 21.1. The van der Waals surface area contributed by atoms with Crippen LogP contribution in [0.3, 0.4) is 0 Å². The lowest BCUT2D eigenvalue weighted by molar-refractivity contribution is 0.102. The van der Waals surface area contributed by atoms with Crippen molar-refractivity contribution in [3.63, 3.8) is 0 Å². The average molecular weight is 447 g/mol. The van der Waals surface area contributed by atoms with Crippen molar-refractivity contribution in [3.05, 3.63) is 109 Å². The second-order valence-electron chi connectivity index (χ2n) is 7.82. The van der Waals surface area contributed by atoms with E-state index in [-0.39, 0.29) is 5.91 Å². The van der Waals surface area contributed by atoms with Gasteiger partial charge < -0.3 is 16.0 Å². The minimum absolute atomic E-state index is 0.145. The Morgan fingerprint density at radius 2 is 1.41 bits per heavy atom. The maximum Gasteiger partial charge on any atom is 0.256 e. The van der Waals surface area contributed by atoms with E-state index in [1.54, 1.807) is 12.3 Å². The highest BCUT2D eigenvalue weighted by molar-refractivity contribution is 6.12. The number of anilines is 5. The number of carbonyl (C=O) groups excluding carboxylic acids is 1. The highest BCUT2D eigenvalue weighted by Crippen LogP contribution is 2.22. The maximum absolute atomic E-state index is 12.9. The SMILES string of the molecule is Cc1ccnc(Nc2cc(Nc3ccc(NC(=O)c4cccc5ccccc45)cc3)ncn2)c1. The molecule has 0 aliphatic rings. The molecule has 3 N–H and O–H groups in total. The Balaban J connectivity index is 1.26. The number of nitrogens with one attached hydrogen (secondary N) is 3. The summed E-state index contributed by atoms with van der Waals surface area (Å²) in [6.45, 7) is 2.01. The van der Waals surface area contributed by atoms with Crippen LogP contribution in [0.5, 0.6) is 0 Å². The third-order valence-corrected chi connectivity index (χ3v) is 5.29. The first-order valence-electron chi connectivity index (χ1n) is 10.8. The third-order valence-electron chi connectivity index (χ3n) is 5.29. The van der Waals surface area contributed by atoms with E-state index in [2.05, 4.69) is 30.9 Å². The van der Waals surface area contributed by atoms with Gasteiger partial charge in [0, 0.05) is 29.2 Å². The van der Waals surface area contributed by atoms with E-state index in [1.807, 2.05) is 85.8 Å². The van der Waals surface area contributed by atoms with Crippen LogP contribution in [0.1, 0.15) is 15.9 Å². The number of benzene rings is 3. The van der Waals surface area contributed by atoms with Crippen LogP contribution in [-0.2, 0) is 0 Å². The van der Waals surface area contributed by atoms with Crippen molar-refractivity contribution in [2.24, 2.45) is 0 Å². The molecule has 0 spiro atoms. The van der Waals surface area contributed by atoms with Gasteiger partial charge in [0.15, 0.2) is 0 Å². The van der Waals surface area contributed by atoms with Gasteiger partial charge in [-0.3, -0.25) is 4.79 Å². The van der Waals surface area contributed by atoms with Gasteiger partial charge in [-0.2, -0.15) is 0 Å². The van der Waals surface area contributed by atoms with Crippen molar-refractivity contribution >= 4 is 45.5 Å². The molecule has 0 atom stereocenters. The zero-order chi connectivity index (χ0) is 23.3. The Morgan fingerprint density at radius 3 is 2.24 bits per heavy atom. The lowest BCUT2D eigenvalue weighted by Crippen LogP contribution is -2.12. The van der Waals surface area contributed by atoms with Crippen LogP contribution in [-0.4, -0.2) is 20.9 Å². The van der Waals surface area contributed by atoms with E-state index >= 15 is 0 Å². The first-order valence-corrected chi connectivity index (χ1v) is 10.8. The van der Waals surface area contributed by atoms with Gasteiger partial charge in [-0.1, -0.05) is 36.4 Å². The highest BCUT2D eigenvalue weighted by Gasteiger charge is 2.10. The fourth-order valence-electron chi connectivity index (χ4n) is 3.64. The Labute approximate surface area is 196 Å². The molecular weight excluding hydrogens is 424 g/mol. The quantitative estimate of drug-likeness (QED) is 0.293. The van der Waals surface area contributed by atoms with Gasteiger partial charge in [0.1, 0.15) is 23.8 Å². The lowest BCUT2D eigenvalue weighted by Gasteiger charge is -2.10. The van der Waals surface area contributed by atoms with E-state index < -0.39 is 0 Å². The van der Waals surface area contributed by atoms with Gasteiger partial charge in [0.2, 0.25) is 0 Å². The van der Waals surface area contributed by atoms with Crippen molar-refractivity contribution in [2.45, 2.75) is 6.92 Å². The standard InChI is InChI=1S/C27H22N6O/c1-18-13-14-28-24(15-18)33-26-16-25(29-17-30-26)31-20-9-11-21(12-10-20)32-27(34)23-8-4-6-19-5-2-3-7-22(19)23/h2-17H,1H3,(H,32,34)(H2,28,29,30,31,33). The van der Waals surface area contributed by atoms with Gasteiger partial charge in [-0.05, 0) is 65.7 Å². The number of fused-ring (bicyclic) bond motifs is 1. The fourth-order valence-corrected chi connectivity index (χ4v) is 3.64. The number of nitrogens with zero attached hydrogens (tertiary/aromatic N) is 3. The topological polar surface area (TPSA) is 91.8 Å². The zero-order valence-corrected chi connectivity index (χ0v) is 18.5. The number of hydrogen-bond acceptors (Lipinski definition) is 6. The fraction of sp³-hybridized carbons (Fsp3) is 0.0370. The molecule has 0 fully saturated rings. The van der Waals surface area contributed by atoms with E-state index in [9.17, 15) is 4.79 Å². The molecule has 7 heteroatoms. The smallest absolute Gasteiger partial charge is 0.256 e. The predicted molar refractivity (Wildman–Crippen MR) is 136 cm³/mol. The zero-order valence-electron chi connectivity index (χ0n) is 18.5. The van der Waals surface area contributed by atoms with Crippen LogP contribution in [0.2, 0.25) is 0 Å². The Bertz CT molecular complexity index is 1460. The minimum Gasteiger partial charge on any atom is -0.340 e. The molecule has 7 nitrogen and oxygen atoms in total. The third kappa shape index (κ3) is 4.83. The monoisotopic (exact) mass is 446 g/mol. The second kappa shape index (κ2) is 9.38. The lowest BCUT2D eigenvalue weighted by atomic mass is 10.0. The molecule has 0 unspecified atom stereocenters. The largest absolute Gasteiger partial charge is 0.340 e. The molecule has 2 aromatic heterocycles. The molecule has 5 rings (SSSR count). The van der Waals surface area contributed by atoms with Crippen LogP contribution >= 0.6 is 0 Å². The van der Waals surface area contributed by atoms with Crippen molar-refractivity contribution < 1.29 is 4.79 Å². The summed E-state index contributed by atoms with van der Waals surface area (Å²) in [6.07, 6.45) is 3.23. The average Bonchev–Trinajstić information content (AvgIpc) is 2.85. The summed E-state index contributed by atoms with van der Waals surface area (Å²) in [7, 11) is 0. The van der Waals surface area contributed by atoms with Crippen LogP contribution in [0, 0.1) is 6.92 Å². The van der Waals surface area contributed by atoms with Crippen molar-refractivity contribution in [3.8, 4) is 0 Å². The number of aromatic nitrogens is 3. The summed E-state index contributed by atoms with van der Waals surface area (Å²) in [6, 6.07) is 26.7. The molecule has 34 heavy (non-hydrogen) atoms. The van der Waals surface area contributed by atoms with Crippen LogP contribution < -0.4 is 16.0 Å². The van der Waals surface area contributed by atoms with Crippen molar-refractivity contribution in [1.29, 1.82) is 0 Å². The first-order chi connectivity index (χ1) is 16.6. The van der Waals surface area contributed by atoms with E-state index in [0.717, 1.165) is 27.8 Å². The molecule has 0 saturated heterocycles. The highest BCUT2D eigenvalue weighted by atomic mass is 16.1. The molecule has 1 amide bonds. The predicted octanol–water partition coefficient (Wildman–Crippen LogP) is 6.07. The van der Waals surface area contributed by atoms with Crippen molar-refractivity contribution in [1.82, 2.24) is 15.0 Å². The molecule has 166 valence electrons. The Hall–Kier alpha value is -4.78. The second-order valence-corrected chi connectivity index (χ2v) is 7.82. The van der Waals surface area contributed by atoms with Gasteiger partial charge >= 0.3 is 0 Å². The summed E-state index contributed by atoms with van der Waals surface area (Å²) in [5.74, 6) is 1.84. The van der Waals surface area contributed by atoms with Crippen LogP contribution in [0.25, 0.3) is 10.8 Å². The number of carbonyl (C=O) groups is 1. The van der Waals surface area contributed by atoms with Gasteiger partial charge in [0.05, 0.1) is 0 Å². The number of aryl methyl sites for hydroxylation is 1. The van der Waals surface area contributed by atoms with Crippen molar-refractivity contribution in [2.75, 3.05) is 16.0 Å². The van der Waals surface area contributed by atoms with Gasteiger partial charge in [-0.25, -0.2) is 15.0 Å². The molecular formula is C27H22N6O. The number of pyridine rings is 1. The van der Waals surface area contributed by atoms with E-state index in [0.29, 0.717) is 22.9 Å². The molecule has 2 heterocycles. The summed E-state index contributed by atoms with van der Waals surface area (Å²) < 4.78 is 0. The molecule has 3 aromatic carbocycles. The number of hydrogen-bond donors (Lipinski definition) is 3. The van der Waals surface area contributed by atoms with E-state index in [4.69, 9.17) is 0 Å². The number of amides is 1. The Kier molecular flexibility index (Phi) is 5.82. The molecule has 0 saturated carbocycles. The normalized spacial score (nSPS) is 10.6. The molecule has 0 radical (unpaired) electrons. The van der Waals surface area contributed by atoms with Gasteiger partial charge in [0.25, 0.3) is 5.91 Å². The summed E-state index contributed by atoms with van der Waals surface area (Å²) in [4.78, 5) is 25.7. The van der Waals surface area contributed by atoms with E-state index in [1.165, 1.54) is 6.33 Å². The van der Waals surface area contributed by atoms with Crippen LogP contribution in [0.15, 0.2) is 97.5 Å². The summed E-state index contributed by atoms with van der Waals surface area (Å²) in [5.41, 5.74) is 3.29. The van der Waals surface area contributed by atoms with Crippen LogP contribution in [0.4, 0.5) is 28.8 Å². The van der Waals surface area contributed by atoms with Gasteiger partial charge in [-0.15, -0.1) is 0 Å².